The molecule has 0 aromatic carbocycles. The van der Waals surface area contributed by atoms with E-state index in [4.69, 9.17) is 0 Å². The Balaban J connectivity index is 1.62. The summed E-state index contributed by atoms with van der Waals surface area (Å²) >= 11 is 0. The van der Waals surface area contributed by atoms with E-state index in [2.05, 4.69) is 10.6 Å². The smallest absolute Gasteiger partial charge is 0.321 e. The minimum atomic E-state index is -0.639. The summed E-state index contributed by atoms with van der Waals surface area (Å²) in [5.74, 6) is -0.304. The largest absolute Gasteiger partial charge is 0.387 e. The molecule has 0 bridgehead atoms. The fourth-order valence-electron chi connectivity index (χ4n) is 3.36. The van der Waals surface area contributed by atoms with Crippen LogP contribution in [0.1, 0.15) is 51.9 Å². The molecule has 0 atom stereocenters. The number of amides is 3. The van der Waals surface area contributed by atoms with Gasteiger partial charge in [0, 0.05) is 19.1 Å². The minimum absolute atomic E-state index is 0.171. The maximum atomic E-state index is 11.8. The number of nitrogens with one attached hydrogen (secondary N) is 2. The number of carbonyl (C=O) groups excluding carboxylic acids is 2. The molecule has 0 aromatic heterocycles. The second-order valence-corrected chi connectivity index (χ2v) is 6.48. The highest BCUT2D eigenvalue weighted by molar-refractivity contribution is 5.95. The van der Waals surface area contributed by atoms with Crippen molar-refractivity contribution in [3.8, 4) is 0 Å². The first kappa shape index (κ1) is 16.2. The quantitative estimate of drug-likeness (QED) is 0.707. The van der Waals surface area contributed by atoms with E-state index in [1.807, 2.05) is 11.8 Å². The van der Waals surface area contributed by atoms with Gasteiger partial charge in [0.05, 0.1) is 12.1 Å². The molecule has 0 spiro atoms. The Bertz CT molecular complexity index is 374. The number of aliphatic hydroxyl groups is 1. The van der Waals surface area contributed by atoms with Gasteiger partial charge in [0.15, 0.2) is 0 Å². The van der Waals surface area contributed by atoms with Crippen molar-refractivity contribution in [1.29, 1.82) is 0 Å². The van der Waals surface area contributed by atoms with Crippen LogP contribution in [0.4, 0.5) is 4.79 Å². The third-order valence-corrected chi connectivity index (χ3v) is 4.31. The van der Waals surface area contributed by atoms with Crippen LogP contribution in [0.25, 0.3) is 0 Å². The number of hydrogen-bond donors (Lipinski definition) is 3. The third-order valence-electron chi connectivity index (χ3n) is 4.31. The van der Waals surface area contributed by atoms with E-state index in [-0.39, 0.29) is 18.5 Å². The Morgan fingerprint density at radius 2 is 1.90 bits per heavy atom. The molecule has 0 aromatic rings. The number of carbonyl (C=O) groups is 2. The first-order valence-electron chi connectivity index (χ1n) is 8.06. The number of urea groups is 1. The van der Waals surface area contributed by atoms with Crippen molar-refractivity contribution in [3.05, 3.63) is 0 Å². The van der Waals surface area contributed by atoms with Gasteiger partial charge in [-0.1, -0.05) is 32.6 Å². The Morgan fingerprint density at radius 3 is 2.52 bits per heavy atom. The first-order chi connectivity index (χ1) is 10.0. The Morgan fingerprint density at radius 1 is 1.24 bits per heavy atom. The van der Waals surface area contributed by atoms with Crippen molar-refractivity contribution in [2.24, 2.45) is 0 Å². The van der Waals surface area contributed by atoms with Gasteiger partial charge in [-0.05, 0) is 19.3 Å². The Labute approximate surface area is 126 Å². The summed E-state index contributed by atoms with van der Waals surface area (Å²) in [6.45, 7) is 3.23. The van der Waals surface area contributed by atoms with Crippen molar-refractivity contribution in [2.45, 2.75) is 63.5 Å². The standard InChI is InChI=1S/C15H27N3O3/c1-2-8-15(21)10-18(11-15)9-13(19)17-14(20)16-12-6-4-3-5-7-12/h12,21H,2-11H2,1H3,(H2,16,17,19,20). The summed E-state index contributed by atoms with van der Waals surface area (Å²) in [4.78, 5) is 25.4. The molecule has 21 heavy (non-hydrogen) atoms. The second-order valence-electron chi connectivity index (χ2n) is 6.48. The molecule has 120 valence electrons. The number of nitrogens with zero attached hydrogens (tertiary/aromatic N) is 1. The summed E-state index contributed by atoms with van der Waals surface area (Å²) in [7, 11) is 0. The van der Waals surface area contributed by atoms with Crippen molar-refractivity contribution in [2.75, 3.05) is 19.6 Å². The molecule has 2 fully saturated rings. The van der Waals surface area contributed by atoms with Crippen LogP contribution in [-0.2, 0) is 4.79 Å². The molecule has 1 saturated heterocycles. The van der Waals surface area contributed by atoms with E-state index in [9.17, 15) is 14.7 Å². The van der Waals surface area contributed by atoms with E-state index >= 15 is 0 Å². The van der Waals surface area contributed by atoms with E-state index in [0.29, 0.717) is 13.1 Å². The predicted molar refractivity (Wildman–Crippen MR) is 79.8 cm³/mol. The Hall–Kier alpha value is -1.14. The molecule has 3 amide bonds. The van der Waals surface area contributed by atoms with E-state index in [1.165, 1.54) is 6.42 Å². The number of β-amino-alcohol motifs (C(OH)–C–C–N with tert-alkyl or cyclic N) is 1. The molecular formula is C15H27N3O3. The van der Waals surface area contributed by atoms with E-state index in [0.717, 1.165) is 38.5 Å². The molecule has 6 nitrogen and oxygen atoms in total. The maximum absolute atomic E-state index is 11.8. The van der Waals surface area contributed by atoms with Crippen molar-refractivity contribution in [1.82, 2.24) is 15.5 Å². The highest BCUT2D eigenvalue weighted by Crippen LogP contribution is 2.25. The number of imide groups is 1. The maximum Gasteiger partial charge on any atom is 0.321 e. The zero-order valence-electron chi connectivity index (χ0n) is 12.9. The van der Waals surface area contributed by atoms with Gasteiger partial charge in [-0.2, -0.15) is 0 Å². The van der Waals surface area contributed by atoms with Gasteiger partial charge in [-0.25, -0.2) is 4.79 Å². The van der Waals surface area contributed by atoms with Crippen LogP contribution in [-0.4, -0.2) is 53.2 Å². The van der Waals surface area contributed by atoms with Gasteiger partial charge in [-0.15, -0.1) is 0 Å². The number of likely N-dealkylation sites (tertiary alicyclic amines) is 1. The predicted octanol–water partition coefficient (Wildman–Crippen LogP) is 0.992. The van der Waals surface area contributed by atoms with Gasteiger partial charge in [0.25, 0.3) is 0 Å². The lowest BCUT2D eigenvalue weighted by atomic mass is 9.89. The Kier molecular flexibility index (Phi) is 5.58. The fraction of sp³-hybridized carbons (Fsp3) is 0.867. The molecule has 2 rings (SSSR count). The molecular weight excluding hydrogens is 270 g/mol. The SMILES string of the molecule is CCCC1(O)CN(CC(=O)NC(=O)NC2CCCCC2)C1. The summed E-state index contributed by atoms with van der Waals surface area (Å²) < 4.78 is 0. The first-order valence-corrected chi connectivity index (χ1v) is 8.06. The normalized spacial score (nSPS) is 22.4. The van der Waals surface area contributed by atoms with E-state index in [1.54, 1.807) is 0 Å². The summed E-state index contributed by atoms with van der Waals surface area (Å²) in [5, 5.41) is 15.3. The van der Waals surface area contributed by atoms with Gasteiger partial charge in [-0.3, -0.25) is 15.0 Å². The van der Waals surface area contributed by atoms with Crippen molar-refractivity contribution >= 4 is 11.9 Å². The van der Waals surface area contributed by atoms with Crippen LogP contribution >= 0.6 is 0 Å². The second kappa shape index (κ2) is 7.22. The van der Waals surface area contributed by atoms with Gasteiger partial charge in [0.2, 0.25) is 5.91 Å². The lowest BCUT2D eigenvalue weighted by Gasteiger charge is -2.46. The zero-order valence-corrected chi connectivity index (χ0v) is 12.9. The molecule has 1 aliphatic heterocycles. The molecule has 0 radical (unpaired) electrons. The summed E-state index contributed by atoms with van der Waals surface area (Å²) in [6.07, 6.45) is 7.20. The van der Waals surface area contributed by atoms with Crippen LogP contribution in [0.3, 0.4) is 0 Å². The molecule has 1 saturated carbocycles. The highest BCUT2D eigenvalue weighted by Gasteiger charge is 2.40. The molecule has 0 unspecified atom stereocenters. The van der Waals surface area contributed by atoms with Crippen LogP contribution in [0.2, 0.25) is 0 Å². The monoisotopic (exact) mass is 297 g/mol. The average Bonchev–Trinajstić information content (AvgIpc) is 2.38. The van der Waals surface area contributed by atoms with Gasteiger partial charge < -0.3 is 10.4 Å². The molecule has 3 N–H and O–H groups in total. The third kappa shape index (κ3) is 4.97. The van der Waals surface area contributed by atoms with Crippen molar-refractivity contribution < 1.29 is 14.7 Å². The van der Waals surface area contributed by atoms with Crippen LogP contribution in [0.5, 0.6) is 0 Å². The van der Waals surface area contributed by atoms with Crippen LogP contribution < -0.4 is 10.6 Å². The average molecular weight is 297 g/mol. The number of hydrogen-bond acceptors (Lipinski definition) is 4. The highest BCUT2D eigenvalue weighted by atomic mass is 16.3. The van der Waals surface area contributed by atoms with Crippen molar-refractivity contribution in [3.63, 3.8) is 0 Å². The zero-order chi connectivity index (χ0) is 15.3. The van der Waals surface area contributed by atoms with Crippen LogP contribution in [0.15, 0.2) is 0 Å². The topological polar surface area (TPSA) is 81.7 Å². The fourth-order valence-corrected chi connectivity index (χ4v) is 3.36. The summed E-state index contributed by atoms with van der Waals surface area (Å²) in [6, 6.07) is -0.193. The van der Waals surface area contributed by atoms with E-state index < -0.39 is 11.6 Å². The van der Waals surface area contributed by atoms with Crippen LogP contribution in [0, 0.1) is 0 Å². The summed E-state index contributed by atoms with van der Waals surface area (Å²) in [5.41, 5.74) is -0.639. The molecule has 1 heterocycles. The lowest BCUT2D eigenvalue weighted by Crippen LogP contribution is -2.63. The lowest BCUT2D eigenvalue weighted by molar-refractivity contribution is -0.132. The molecule has 2 aliphatic rings. The molecule has 6 heteroatoms. The molecule has 1 aliphatic carbocycles. The van der Waals surface area contributed by atoms with Gasteiger partial charge >= 0.3 is 6.03 Å². The van der Waals surface area contributed by atoms with Gasteiger partial charge in [0.1, 0.15) is 0 Å². The minimum Gasteiger partial charge on any atom is -0.387 e. The number of rotatable bonds is 5.